The fourth-order valence-corrected chi connectivity index (χ4v) is 3.85. The summed E-state index contributed by atoms with van der Waals surface area (Å²) in [5.41, 5.74) is 1.33. The topological polar surface area (TPSA) is 64.7 Å². The minimum atomic E-state index is -0.0316. The van der Waals surface area contributed by atoms with Crippen LogP contribution in [0.3, 0.4) is 0 Å². The molecule has 0 bridgehead atoms. The van der Waals surface area contributed by atoms with E-state index in [1.54, 1.807) is 6.07 Å². The molecule has 3 rings (SSSR count). The van der Waals surface area contributed by atoms with Gasteiger partial charge in [-0.2, -0.15) is 11.8 Å². The third-order valence-electron chi connectivity index (χ3n) is 4.27. The summed E-state index contributed by atoms with van der Waals surface area (Å²) >= 11 is 1.88. The summed E-state index contributed by atoms with van der Waals surface area (Å²) in [6, 6.07) is 7.25. The number of hydrogen-bond acceptors (Lipinski definition) is 5. The van der Waals surface area contributed by atoms with Crippen molar-refractivity contribution in [3.05, 3.63) is 29.8 Å². The molecule has 2 amide bonds. The molecule has 2 aliphatic heterocycles. The third kappa shape index (κ3) is 4.72. The fraction of sp³-hybridized carbons (Fsp3) is 0.529. The number of piperazine rings is 1. The van der Waals surface area contributed by atoms with Crippen molar-refractivity contribution >= 4 is 29.3 Å². The average Bonchev–Trinajstić information content (AvgIpc) is 2.63. The molecule has 0 unspecified atom stereocenters. The second-order valence-electron chi connectivity index (χ2n) is 6.06. The molecule has 6 nitrogen and oxygen atoms in total. The van der Waals surface area contributed by atoms with Crippen LogP contribution in [0, 0.1) is 0 Å². The number of benzene rings is 1. The van der Waals surface area contributed by atoms with Gasteiger partial charge in [0.05, 0.1) is 6.54 Å². The first-order chi connectivity index (χ1) is 11.7. The van der Waals surface area contributed by atoms with Crippen molar-refractivity contribution in [3.8, 4) is 0 Å². The van der Waals surface area contributed by atoms with Crippen molar-refractivity contribution in [2.45, 2.75) is 0 Å². The zero-order valence-electron chi connectivity index (χ0n) is 13.8. The zero-order chi connectivity index (χ0) is 16.8. The normalized spacial score (nSPS) is 19.1. The molecule has 1 aromatic rings. The average molecular weight is 348 g/mol. The first-order valence-corrected chi connectivity index (χ1v) is 9.58. The van der Waals surface area contributed by atoms with Crippen LogP contribution in [0.2, 0.25) is 0 Å². The van der Waals surface area contributed by atoms with Gasteiger partial charge in [0.2, 0.25) is 5.91 Å². The van der Waals surface area contributed by atoms with Crippen LogP contribution in [0.4, 0.5) is 5.69 Å². The maximum Gasteiger partial charge on any atom is 0.253 e. The summed E-state index contributed by atoms with van der Waals surface area (Å²) in [5.74, 6) is 2.00. The molecular weight excluding hydrogens is 324 g/mol. The van der Waals surface area contributed by atoms with Gasteiger partial charge in [-0.25, -0.2) is 0 Å². The lowest BCUT2D eigenvalue weighted by Crippen LogP contribution is -2.46. The molecule has 0 aliphatic carbocycles. The van der Waals surface area contributed by atoms with Gasteiger partial charge in [0, 0.05) is 62.0 Å². The van der Waals surface area contributed by atoms with Crippen LogP contribution in [0.1, 0.15) is 10.4 Å². The summed E-state index contributed by atoms with van der Waals surface area (Å²) < 4.78 is 0. The molecule has 1 aromatic carbocycles. The Hall–Kier alpha value is -1.57. The molecule has 0 spiro atoms. The van der Waals surface area contributed by atoms with Crippen molar-refractivity contribution in [3.63, 3.8) is 0 Å². The van der Waals surface area contributed by atoms with Crippen LogP contribution >= 0.6 is 11.8 Å². The lowest BCUT2D eigenvalue weighted by Gasteiger charge is -2.27. The minimum Gasteiger partial charge on any atom is -0.337 e. The van der Waals surface area contributed by atoms with Crippen LogP contribution in [-0.4, -0.2) is 78.9 Å². The van der Waals surface area contributed by atoms with E-state index in [1.807, 2.05) is 34.9 Å². The van der Waals surface area contributed by atoms with Gasteiger partial charge in [-0.3, -0.25) is 14.5 Å². The highest BCUT2D eigenvalue weighted by atomic mass is 32.2. The van der Waals surface area contributed by atoms with E-state index in [0.717, 1.165) is 50.8 Å². The maximum atomic E-state index is 12.5. The Morgan fingerprint density at radius 2 is 1.88 bits per heavy atom. The molecule has 24 heavy (non-hydrogen) atoms. The fourth-order valence-electron chi connectivity index (χ4n) is 2.95. The van der Waals surface area contributed by atoms with Crippen LogP contribution in [-0.2, 0) is 4.79 Å². The van der Waals surface area contributed by atoms with Gasteiger partial charge in [0.1, 0.15) is 0 Å². The molecule has 0 radical (unpaired) electrons. The Labute approximate surface area is 146 Å². The molecule has 7 heteroatoms. The highest BCUT2D eigenvalue weighted by molar-refractivity contribution is 7.99. The highest BCUT2D eigenvalue weighted by Gasteiger charge is 2.19. The lowest BCUT2D eigenvalue weighted by atomic mass is 10.1. The Morgan fingerprint density at radius 3 is 2.62 bits per heavy atom. The molecule has 2 heterocycles. The highest BCUT2D eigenvalue weighted by Crippen LogP contribution is 2.16. The summed E-state index contributed by atoms with van der Waals surface area (Å²) in [7, 11) is 0. The summed E-state index contributed by atoms with van der Waals surface area (Å²) in [6.07, 6.45) is 0. The molecular formula is C17H24N4O2S. The number of nitrogens with zero attached hydrogens (tertiary/aromatic N) is 2. The molecule has 2 saturated heterocycles. The first kappa shape index (κ1) is 17.3. The van der Waals surface area contributed by atoms with Crippen LogP contribution in [0.15, 0.2) is 24.3 Å². The second-order valence-corrected chi connectivity index (χ2v) is 7.28. The van der Waals surface area contributed by atoms with E-state index in [1.165, 1.54) is 0 Å². The number of amides is 2. The standard InChI is InChI=1S/C17H24N4O2S/c22-16(13-20-6-4-18-5-7-20)19-15-3-1-2-14(12-15)17(23)21-8-10-24-11-9-21/h1-3,12,18H,4-11,13H2,(H,19,22). The van der Waals surface area contributed by atoms with Gasteiger partial charge in [0.15, 0.2) is 0 Å². The van der Waals surface area contributed by atoms with Crippen molar-refractivity contribution in [1.82, 2.24) is 15.1 Å². The van der Waals surface area contributed by atoms with Gasteiger partial charge in [-0.1, -0.05) is 6.07 Å². The number of thioether (sulfide) groups is 1. The SMILES string of the molecule is O=C(CN1CCNCC1)Nc1cccc(C(=O)N2CCSCC2)c1. The zero-order valence-corrected chi connectivity index (χ0v) is 14.6. The van der Waals surface area contributed by atoms with Crippen molar-refractivity contribution < 1.29 is 9.59 Å². The Kier molecular flexibility index (Phi) is 6.12. The number of hydrogen-bond donors (Lipinski definition) is 2. The van der Waals surface area contributed by atoms with Gasteiger partial charge >= 0.3 is 0 Å². The van der Waals surface area contributed by atoms with E-state index in [4.69, 9.17) is 0 Å². The van der Waals surface area contributed by atoms with Crippen LogP contribution < -0.4 is 10.6 Å². The second kappa shape index (κ2) is 8.50. The predicted molar refractivity (Wildman–Crippen MR) is 97.6 cm³/mol. The number of rotatable bonds is 4. The van der Waals surface area contributed by atoms with Crippen molar-refractivity contribution in [2.24, 2.45) is 0 Å². The van der Waals surface area contributed by atoms with Gasteiger partial charge in [-0.05, 0) is 18.2 Å². The van der Waals surface area contributed by atoms with Crippen LogP contribution in [0.25, 0.3) is 0 Å². The Morgan fingerprint density at radius 1 is 1.12 bits per heavy atom. The predicted octanol–water partition coefficient (Wildman–Crippen LogP) is 0.719. The number of nitrogens with one attached hydrogen (secondary N) is 2. The van der Waals surface area contributed by atoms with E-state index < -0.39 is 0 Å². The monoisotopic (exact) mass is 348 g/mol. The molecule has 2 fully saturated rings. The quantitative estimate of drug-likeness (QED) is 0.839. The smallest absolute Gasteiger partial charge is 0.253 e. The van der Waals surface area contributed by atoms with Gasteiger partial charge in [-0.15, -0.1) is 0 Å². The Balaban J connectivity index is 1.57. The third-order valence-corrected chi connectivity index (χ3v) is 5.21. The van der Waals surface area contributed by atoms with E-state index in [2.05, 4.69) is 15.5 Å². The van der Waals surface area contributed by atoms with Crippen molar-refractivity contribution in [2.75, 3.05) is 62.6 Å². The molecule has 0 saturated carbocycles. The van der Waals surface area contributed by atoms with E-state index in [0.29, 0.717) is 17.8 Å². The summed E-state index contributed by atoms with van der Waals surface area (Å²) in [5, 5.41) is 6.18. The van der Waals surface area contributed by atoms with Crippen molar-refractivity contribution in [1.29, 1.82) is 0 Å². The van der Waals surface area contributed by atoms with Crippen LogP contribution in [0.5, 0.6) is 0 Å². The lowest BCUT2D eigenvalue weighted by molar-refractivity contribution is -0.117. The van der Waals surface area contributed by atoms with E-state index in [9.17, 15) is 9.59 Å². The molecule has 130 valence electrons. The minimum absolute atomic E-state index is 0.0316. The Bertz CT molecular complexity index is 584. The largest absolute Gasteiger partial charge is 0.337 e. The molecule has 2 aliphatic rings. The molecule has 2 N–H and O–H groups in total. The van der Waals surface area contributed by atoms with E-state index >= 15 is 0 Å². The summed E-state index contributed by atoms with van der Waals surface area (Å²) in [6.45, 7) is 5.60. The van der Waals surface area contributed by atoms with E-state index in [-0.39, 0.29) is 11.8 Å². The van der Waals surface area contributed by atoms with Gasteiger partial charge < -0.3 is 15.5 Å². The molecule has 0 atom stereocenters. The number of carbonyl (C=O) groups is 2. The number of anilines is 1. The summed E-state index contributed by atoms with van der Waals surface area (Å²) in [4.78, 5) is 28.8. The van der Waals surface area contributed by atoms with Gasteiger partial charge in [0.25, 0.3) is 5.91 Å². The molecule has 0 aromatic heterocycles. The first-order valence-electron chi connectivity index (χ1n) is 8.42. The maximum absolute atomic E-state index is 12.5. The number of carbonyl (C=O) groups excluding carboxylic acids is 2.